The number of aliphatic carboxylic acids is 1. The van der Waals surface area contributed by atoms with Crippen LogP contribution in [0, 0.1) is 5.92 Å². The highest BCUT2D eigenvalue weighted by Gasteiger charge is 2.30. The molecule has 178 valence electrons. The van der Waals surface area contributed by atoms with Crippen molar-refractivity contribution >= 4 is 5.97 Å². The van der Waals surface area contributed by atoms with Gasteiger partial charge in [-0.15, -0.1) is 0 Å². The molecule has 0 aliphatic heterocycles. The summed E-state index contributed by atoms with van der Waals surface area (Å²) in [6.07, 6.45) is 3.56. The molecular weight excluding hydrogens is 424 g/mol. The highest BCUT2D eigenvalue weighted by Crippen LogP contribution is 2.42. The summed E-state index contributed by atoms with van der Waals surface area (Å²) in [7, 11) is 0. The SMILES string of the molecule is CC(C)(C)c1cc(COc2cccc(C(CC(=O)O)C3CCC3)c2)ccc1-c1cccc(O)c1. The monoisotopic (exact) mass is 458 g/mol. The van der Waals surface area contributed by atoms with Crippen LogP contribution in [0.25, 0.3) is 11.1 Å². The highest BCUT2D eigenvalue weighted by atomic mass is 16.5. The lowest BCUT2D eigenvalue weighted by Crippen LogP contribution is -2.22. The van der Waals surface area contributed by atoms with E-state index in [-0.39, 0.29) is 23.5 Å². The van der Waals surface area contributed by atoms with Crippen LogP contribution in [0.1, 0.15) is 69.1 Å². The first kappa shape index (κ1) is 23.9. The van der Waals surface area contributed by atoms with Gasteiger partial charge in [-0.25, -0.2) is 0 Å². The van der Waals surface area contributed by atoms with Crippen LogP contribution in [-0.4, -0.2) is 16.2 Å². The van der Waals surface area contributed by atoms with Gasteiger partial charge in [0.15, 0.2) is 0 Å². The Labute approximate surface area is 202 Å². The minimum atomic E-state index is -0.746. The van der Waals surface area contributed by atoms with Gasteiger partial charge >= 0.3 is 5.97 Å². The number of phenols is 1. The zero-order valence-corrected chi connectivity index (χ0v) is 20.3. The second-order valence-electron chi connectivity index (χ2n) is 10.4. The van der Waals surface area contributed by atoms with E-state index in [1.165, 1.54) is 12.0 Å². The fourth-order valence-corrected chi connectivity index (χ4v) is 4.82. The summed E-state index contributed by atoms with van der Waals surface area (Å²) in [6, 6.07) is 21.7. The van der Waals surface area contributed by atoms with E-state index >= 15 is 0 Å². The first-order valence-electron chi connectivity index (χ1n) is 12.1. The van der Waals surface area contributed by atoms with E-state index in [1.807, 2.05) is 36.4 Å². The molecule has 4 heteroatoms. The van der Waals surface area contributed by atoms with E-state index in [4.69, 9.17) is 4.74 Å². The van der Waals surface area contributed by atoms with Crippen LogP contribution in [-0.2, 0) is 16.8 Å². The molecule has 0 amide bonds. The molecule has 3 aromatic carbocycles. The van der Waals surface area contributed by atoms with Crippen LogP contribution in [0.3, 0.4) is 0 Å². The van der Waals surface area contributed by atoms with Gasteiger partial charge in [-0.05, 0) is 82.2 Å². The van der Waals surface area contributed by atoms with Crippen LogP contribution in [0.4, 0.5) is 0 Å². The van der Waals surface area contributed by atoms with E-state index < -0.39 is 5.97 Å². The molecule has 1 aliphatic rings. The normalized spacial score (nSPS) is 14.9. The smallest absolute Gasteiger partial charge is 0.303 e. The molecular formula is C30H34O4. The van der Waals surface area contributed by atoms with Crippen LogP contribution < -0.4 is 4.74 Å². The van der Waals surface area contributed by atoms with E-state index in [0.29, 0.717) is 12.5 Å². The Hall–Kier alpha value is -3.27. The molecule has 4 nitrogen and oxygen atoms in total. The van der Waals surface area contributed by atoms with Crippen LogP contribution in [0.2, 0.25) is 0 Å². The van der Waals surface area contributed by atoms with E-state index in [2.05, 4.69) is 39.0 Å². The van der Waals surface area contributed by atoms with E-state index in [9.17, 15) is 15.0 Å². The summed E-state index contributed by atoms with van der Waals surface area (Å²) in [5, 5.41) is 19.3. The van der Waals surface area contributed by atoms with Gasteiger partial charge in [0, 0.05) is 0 Å². The quantitative estimate of drug-likeness (QED) is 0.372. The van der Waals surface area contributed by atoms with Gasteiger partial charge in [0.2, 0.25) is 0 Å². The standard InChI is InChI=1S/C30H34O4/c1-30(2,3)28-15-20(13-14-26(28)22-9-5-11-24(31)16-22)19-34-25-12-6-10-23(17-25)27(18-29(32)33)21-7-4-8-21/h5-6,9-17,21,27,31H,4,7-8,18-19H2,1-3H3,(H,32,33). The fourth-order valence-electron chi connectivity index (χ4n) is 4.82. The number of carboxylic acids is 1. The maximum Gasteiger partial charge on any atom is 0.303 e. The van der Waals surface area contributed by atoms with Crippen molar-refractivity contribution in [3.05, 3.63) is 83.4 Å². The summed E-state index contributed by atoms with van der Waals surface area (Å²) >= 11 is 0. The van der Waals surface area contributed by atoms with Crippen molar-refractivity contribution in [3.8, 4) is 22.6 Å². The maximum atomic E-state index is 11.4. The number of phenolic OH excluding ortho intramolecular Hbond substituents is 1. The molecule has 3 aromatic rings. The van der Waals surface area contributed by atoms with Gasteiger partial charge in [0.05, 0.1) is 6.42 Å². The number of ether oxygens (including phenoxy) is 1. The molecule has 2 N–H and O–H groups in total. The molecule has 1 saturated carbocycles. The predicted molar refractivity (Wildman–Crippen MR) is 135 cm³/mol. The van der Waals surface area contributed by atoms with Crippen LogP contribution in [0.15, 0.2) is 66.7 Å². The van der Waals surface area contributed by atoms with E-state index in [1.54, 1.807) is 12.1 Å². The summed E-state index contributed by atoms with van der Waals surface area (Å²) in [5.74, 6) is 0.772. The lowest BCUT2D eigenvalue weighted by atomic mass is 9.72. The number of aromatic hydroxyl groups is 1. The third-order valence-corrected chi connectivity index (χ3v) is 6.85. The molecule has 1 aliphatic carbocycles. The molecule has 1 atom stereocenters. The third-order valence-electron chi connectivity index (χ3n) is 6.85. The topological polar surface area (TPSA) is 66.8 Å². The number of hydrogen-bond donors (Lipinski definition) is 2. The average Bonchev–Trinajstić information content (AvgIpc) is 2.75. The first-order chi connectivity index (χ1) is 16.2. The van der Waals surface area contributed by atoms with Gasteiger partial charge in [-0.3, -0.25) is 4.79 Å². The third kappa shape index (κ3) is 5.61. The maximum absolute atomic E-state index is 11.4. The Kier molecular flexibility index (Phi) is 6.97. The first-order valence-corrected chi connectivity index (χ1v) is 12.1. The van der Waals surface area contributed by atoms with E-state index in [0.717, 1.165) is 40.8 Å². The molecule has 0 aromatic heterocycles. The van der Waals surface area contributed by atoms with Gasteiger partial charge in [-0.2, -0.15) is 0 Å². The minimum absolute atomic E-state index is 0.0452. The number of benzene rings is 3. The Morgan fingerprint density at radius 3 is 2.44 bits per heavy atom. The molecule has 1 unspecified atom stereocenters. The number of carbonyl (C=O) groups is 1. The molecule has 0 saturated heterocycles. The van der Waals surface area contributed by atoms with Crippen LogP contribution >= 0.6 is 0 Å². The molecule has 0 heterocycles. The molecule has 34 heavy (non-hydrogen) atoms. The predicted octanol–water partition coefficient (Wildman–Crippen LogP) is 7.29. The van der Waals surface area contributed by atoms with Crippen molar-refractivity contribution < 1.29 is 19.7 Å². The molecule has 0 radical (unpaired) electrons. The van der Waals surface area contributed by atoms with Gasteiger partial charge in [0.25, 0.3) is 0 Å². The van der Waals surface area contributed by atoms with Crippen LogP contribution in [0.5, 0.6) is 11.5 Å². The number of rotatable bonds is 8. The molecule has 0 bridgehead atoms. The average molecular weight is 459 g/mol. The largest absolute Gasteiger partial charge is 0.508 e. The Bertz CT molecular complexity index is 1150. The zero-order chi connectivity index (χ0) is 24.3. The summed E-state index contributed by atoms with van der Waals surface area (Å²) in [5.41, 5.74) is 5.33. The Morgan fingerprint density at radius 2 is 1.79 bits per heavy atom. The van der Waals surface area contributed by atoms with Gasteiger partial charge in [0.1, 0.15) is 18.1 Å². The summed E-state index contributed by atoms with van der Waals surface area (Å²) < 4.78 is 6.16. The second-order valence-corrected chi connectivity index (χ2v) is 10.4. The zero-order valence-electron chi connectivity index (χ0n) is 20.3. The van der Waals surface area contributed by atoms with Gasteiger partial charge < -0.3 is 14.9 Å². The fraction of sp³-hybridized carbons (Fsp3) is 0.367. The number of hydrogen-bond acceptors (Lipinski definition) is 3. The lowest BCUT2D eigenvalue weighted by Gasteiger charge is -2.33. The molecule has 1 fully saturated rings. The molecule has 4 rings (SSSR count). The Morgan fingerprint density at radius 1 is 1.03 bits per heavy atom. The van der Waals surface area contributed by atoms with Crippen molar-refractivity contribution in [2.75, 3.05) is 0 Å². The minimum Gasteiger partial charge on any atom is -0.508 e. The van der Waals surface area contributed by atoms with Crippen molar-refractivity contribution in [2.24, 2.45) is 5.92 Å². The van der Waals surface area contributed by atoms with Crippen molar-refractivity contribution in [1.29, 1.82) is 0 Å². The molecule has 0 spiro atoms. The van der Waals surface area contributed by atoms with Gasteiger partial charge in [-0.1, -0.05) is 69.7 Å². The summed E-state index contributed by atoms with van der Waals surface area (Å²) in [6.45, 7) is 6.99. The highest BCUT2D eigenvalue weighted by molar-refractivity contribution is 5.70. The van der Waals surface area contributed by atoms with Crippen molar-refractivity contribution in [1.82, 2.24) is 0 Å². The lowest BCUT2D eigenvalue weighted by molar-refractivity contribution is -0.138. The summed E-state index contributed by atoms with van der Waals surface area (Å²) in [4.78, 5) is 11.4. The Balaban J connectivity index is 1.55. The van der Waals surface area contributed by atoms with Crippen molar-refractivity contribution in [3.63, 3.8) is 0 Å². The van der Waals surface area contributed by atoms with Crippen molar-refractivity contribution in [2.45, 2.75) is 64.4 Å². The second kappa shape index (κ2) is 9.92. The number of carboxylic acid groups (broad SMARTS) is 1.